The fourth-order valence-corrected chi connectivity index (χ4v) is 2.60. The summed E-state index contributed by atoms with van der Waals surface area (Å²) in [7, 11) is 1.41. The number of ether oxygens (including phenoxy) is 1. The molecule has 2 amide bonds. The molecule has 0 bridgehead atoms. The Hall–Kier alpha value is -1.30. The fourth-order valence-electron chi connectivity index (χ4n) is 2.60. The van der Waals surface area contributed by atoms with Crippen LogP contribution in [0.2, 0.25) is 0 Å². The minimum Gasteiger partial charge on any atom is -0.480 e. The Morgan fingerprint density at radius 2 is 2.05 bits per heavy atom. The van der Waals surface area contributed by atoms with Gasteiger partial charge in [-0.15, -0.1) is 0 Å². The van der Waals surface area contributed by atoms with Crippen molar-refractivity contribution in [3.05, 3.63) is 0 Å². The van der Waals surface area contributed by atoms with Crippen LogP contribution in [0.3, 0.4) is 0 Å². The summed E-state index contributed by atoms with van der Waals surface area (Å²) in [5, 5.41) is 14.3. The summed E-state index contributed by atoms with van der Waals surface area (Å²) in [5.74, 6) is -0.599. The first kappa shape index (κ1) is 15.8. The van der Waals surface area contributed by atoms with Gasteiger partial charge in [0.1, 0.15) is 0 Å². The number of carboxylic acid groups (broad SMARTS) is 1. The summed E-state index contributed by atoms with van der Waals surface area (Å²) in [6, 6.07) is -1.28. The second-order valence-electron chi connectivity index (χ2n) is 5.02. The number of nitrogens with one attached hydrogen (secondary N) is 2. The van der Waals surface area contributed by atoms with Gasteiger partial charge in [0, 0.05) is 13.2 Å². The summed E-state index contributed by atoms with van der Waals surface area (Å²) in [6.45, 7) is 2.08. The molecule has 3 N–H and O–H groups in total. The lowest BCUT2D eigenvalue weighted by molar-refractivity contribution is -0.140. The Kier molecular flexibility index (Phi) is 6.62. The number of urea groups is 1. The maximum absolute atomic E-state index is 11.8. The van der Waals surface area contributed by atoms with Crippen molar-refractivity contribution in [1.29, 1.82) is 0 Å². The number of carbonyl (C=O) groups excluding carboxylic acids is 1. The summed E-state index contributed by atoms with van der Waals surface area (Å²) >= 11 is 0. The van der Waals surface area contributed by atoms with Gasteiger partial charge in [-0.1, -0.05) is 26.2 Å². The second kappa shape index (κ2) is 7.99. The monoisotopic (exact) mass is 272 g/mol. The highest BCUT2D eigenvalue weighted by Crippen LogP contribution is 2.26. The van der Waals surface area contributed by atoms with Crippen LogP contribution in [0.15, 0.2) is 0 Å². The molecule has 1 aliphatic rings. The third-order valence-corrected chi connectivity index (χ3v) is 3.69. The molecule has 0 aromatic rings. The Morgan fingerprint density at radius 3 is 2.63 bits per heavy atom. The zero-order valence-electron chi connectivity index (χ0n) is 11.6. The minimum atomic E-state index is -1.09. The molecule has 0 aromatic carbocycles. The Balaban J connectivity index is 2.46. The summed E-state index contributed by atoms with van der Waals surface area (Å²) in [4.78, 5) is 22.7. The third kappa shape index (κ3) is 5.06. The van der Waals surface area contributed by atoms with Gasteiger partial charge in [0.2, 0.25) is 0 Å². The van der Waals surface area contributed by atoms with E-state index in [-0.39, 0.29) is 12.6 Å². The maximum Gasteiger partial charge on any atom is 0.328 e. The van der Waals surface area contributed by atoms with Crippen molar-refractivity contribution in [3.8, 4) is 0 Å². The van der Waals surface area contributed by atoms with Crippen LogP contribution in [-0.4, -0.2) is 42.9 Å². The molecule has 0 aliphatic heterocycles. The largest absolute Gasteiger partial charge is 0.480 e. The molecule has 6 nitrogen and oxygen atoms in total. The molecule has 3 atom stereocenters. The van der Waals surface area contributed by atoms with Crippen LogP contribution in [-0.2, 0) is 9.53 Å². The lowest BCUT2D eigenvalue weighted by Crippen LogP contribution is -2.52. The highest BCUT2D eigenvalue weighted by Gasteiger charge is 2.26. The number of amides is 2. The average molecular weight is 272 g/mol. The zero-order valence-corrected chi connectivity index (χ0v) is 11.6. The Bertz CT molecular complexity index is 309. The van der Waals surface area contributed by atoms with Crippen LogP contribution in [0.25, 0.3) is 0 Å². The van der Waals surface area contributed by atoms with E-state index in [0.717, 1.165) is 25.7 Å². The number of methoxy groups -OCH3 is 1. The van der Waals surface area contributed by atoms with Crippen molar-refractivity contribution in [2.45, 2.75) is 51.1 Å². The summed E-state index contributed by atoms with van der Waals surface area (Å²) in [6.07, 6.45) is 5.45. The first-order chi connectivity index (χ1) is 9.08. The van der Waals surface area contributed by atoms with Gasteiger partial charge in [0.25, 0.3) is 0 Å². The minimum absolute atomic E-state index is 0.0371. The van der Waals surface area contributed by atoms with Crippen molar-refractivity contribution in [1.82, 2.24) is 10.6 Å². The van der Waals surface area contributed by atoms with Crippen molar-refractivity contribution in [3.63, 3.8) is 0 Å². The van der Waals surface area contributed by atoms with Crippen LogP contribution in [0.1, 0.15) is 39.0 Å². The molecule has 3 unspecified atom stereocenters. The molecule has 0 aromatic heterocycles. The van der Waals surface area contributed by atoms with Crippen molar-refractivity contribution in [2.75, 3.05) is 13.7 Å². The van der Waals surface area contributed by atoms with Gasteiger partial charge >= 0.3 is 12.0 Å². The number of hydrogen-bond donors (Lipinski definition) is 3. The third-order valence-electron chi connectivity index (χ3n) is 3.69. The molecule has 6 heteroatoms. The first-order valence-corrected chi connectivity index (χ1v) is 6.87. The Morgan fingerprint density at radius 1 is 1.37 bits per heavy atom. The zero-order chi connectivity index (χ0) is 14.3. The van der Waals surface area contributed by atoms with Crippen molar-refractivity contribution < 1.29 is 19.4 Å². The molecule has 110 valence electrons. The van der Waals surface area contributed by atoms with Gasteiger partial charge in [-0.2, -0.15) is 0 Å². The van der Waals surface area contributed by atoms with Crippen LogP contribution in [0, 0.1) is 5.92 Å². The van der Waals surface area contributed by atoms with Gasteiger partial charge in [-0.25, -0.2) is 9.59 Å². The molecule has 0 radical (unpaired) electrons. The number of carbonyl (C=O) groups is 2. The van der Waals surface area contributed by atoms with E-state index in [9.17, 15) is 9.59 Å². The summed E-state index contributed by atoms with van der Waals surface area (Å²) in [5.41, 5.74) is 0. The first-order valence-electron chi connectivity index (χ1n) is 6.87. The topological polar surface area (TPSA) is 87.7 Å². The molecular weight excluding hydrogens is 248 g/mol. The van der Waals surface area contributed by atoms with Crippen LogP contribution >= 0.6 is 0 Å². The van der Waals surface area contributed by atoms with E-state index in [4.69, 9.17) is 9.84 Å². The van der Waals surface area contributed by atoms with E-state index in [1.54, 1.807) is 0 Å². The molecule has 1 aliphatic carbocycles. The predicted molar refractivity (Wildman–Crippen MR) is 71.0 cm³/mol. The van der Waals surface area contributed by atoms with Gasteiger partial charge in [0.05, 0.1) is 6.61 Å². The molecular formula is C13H24N2O4. The quantitative estimate of drug-likeness (QED) is 0.681. The van der Waals surface area contributed by atoms with E-state index < -0.39 is 18.0 Å². The van der Waals surface area contributed by atoms with E-state index in [2.05, 4.69) is 17.6 Å². The highest BCUT2D eigenvalue weighted by atomic mass is 16.5. The molecule has 1 rings (SSSR count). The average Bonchev–Trinajstić information content (AvgIpc) is 2.38. The van der Waals surface area contributed by atoms with Gasteiger partial charge in [-0.3, -0.25) is 0 Å². The van der Waals surface area contributed by atoms with Gasteiger partial charge in [0.15, 0.2) is 6.04 Å². The predicted octanol–water partition coefficient (Wildman–Crippen LogP) is 1.35. The van der Waals surface area contributed by atoms with Crippen molar-refractivity contribution in [2.24, 2.45) is 5.92 Å². The smallest absolute Gasteiger partial charge is 0.328 e. The number of aliphatic carboxylic acids is 1. The van der Waals surface area contributed by atoms with Gasteiger partial charge < -0.3 is 20.5 Å². The lowest BCUT2D eigenvalue weighted by atomic mass is 9.83. The van der Waals surface area contributed by atoms with Crippen LogP contribution < -0.4 is 10.6 Å². The van der Waals surface area contributed by atoms with Crippen LogP contribution in [0.4, 0.5) is 4.79 Å². The maximum atomic E-state index is 11.8. The van der Waals surface area contributed by atoms with Crippen molar-refractivity contribution >= 4 is 12.0 Å². The van der Waals surface area contributed by atoms with Gasteiger partial charge in [-0.05, 0) is 18.8 Å². The molecule has 0 saturated heterocycles. The second-order valence-corrected chi connectivity index (χ2v) is 5.02. The highest BCUT2D eigenvalue weighted by molar-refractivity contribution is 5.82. The SMILES string of the molecule is CCC1CCCCC1NC(=O)NC(COC)C(=O)O. The molecule has 0 spiro atoms. The van der Waals surface area contributed by atoms with E-state index >= 15 is 0 Å². The normalized spacial score (nSPS) is 24.5. The van der Waals surface area contributed by atoms with E-state index in [1.807, 2.05) is 0 Å². The number of rotatable bonds is 6. The van der Waals surface area contributed by atoms with Crippen LogP contribution in [0.5, 0.6) is 0 Å². The summed E-state index contributed by atoms with van der Waals surface area (Å²) < 4.78 is 4.78. The lowest BCUT2D eigenvalue weighted by Gasteiger charge is -2.31. The molecule has 1 saturated carbocycles. The number of hydrogen-bond acceptors (Lipinski definition) is 3. The standard InChI is InChI=1S/C13H24N2O4/c1-3-9-6-4-5-7-10(9)14-13(18)15-11(8-19-2)12(16)17/h9-11H,3-8H2,1-2H3,(H,16,17)(H2,14,15,18). The van der Waals surface area contributed by atoms with E-state index in [1.165, 1.54) is 13.5 Å². The molecule has 0 heterocycles. The number of carboxylic acids is 1. The molecule has 19 heavy (non-hydrogen) atoms. The van der Waals surface area contributed by atoms with E-state index in [0.29, 0.717) is 5.92 Å². The molecule has 1 fully saturated rings. The fraction of sp³-hybridized carbons (Fsp3) is 0.846. The Labute approximate surface area is 113 Å².